The van der Waals surface area contributed by atoms with E-state index in [9.17, 15) is 4.79 Å². The highest BCUT2D eigenvalue weighted by atomic mass is 16.5. The van der Waals surface area contributed by atoms with Gasteiger partial charge in [-0.3, -0.25) is 9.69 Å². The minimum Gasteiger partial charge on any atom is -0.371 e. The van der Waals surface area contributed by atoms with Crippen molar-refractivity contribution in [3.63, 3.8) is 0 Å². The second-order valence-corrected chi connectivity index (χ2v) is 8.32. The Morgan fingerprint density at radius 2 is 2.04 bits per heavy atom. The van der Waals surface area contributed by atoms with Crippen molar-refractivity contribution in [2.45, 2.75) is 44.8 Å². The molecule has 3 rings (SSSR count). The fraction of sp³-hybridized carbons (Fsp3) is 0.542. The molecule has 0 spiro atoms. The summed E-state index contributed by atoms with van der Waals surface area (Å²) in [6.07, 6.45) is 8.91. The second-order valence-electron chi connectivity index (χ2n) is 8.32. The molecule has 4 nitrogen and oxygen atoms in total. The van der Waals surface area contributed by atoms with E-state index in [-0.39, 0.29) is 17.6 Å². The standard InChI is InChI=1S/C24H34N2O2/c1-5-22(27)14-21-11-10-20(23-17-25-12-13-28-23)16-24(21,26(3)4)15-19-8-6-18(2)7-9-19/h6-11,16,21,23,25H,5,12-15,17H2,1-4H3. The minimum absolute atomic E-state index is 0.0742. The third kappa shape index (κ3) is 4.62. The molecule has 0 bridgehead atoms. The van der Waals surface area contributed by atoms with Crippen molar-refractivity contribution < 1.29 is 9.53 Å². The fourth-order valence-corrected chi connectivity index (χ4v) is 4.29. The van der Waals surface area contributed by atoms with Gasteiger partial charge in [0.2, 0.25) is 0 Å². The largest absolute Gasteiger partial charge is 0.371 e. The van der Waals surface area contributed by atoms with Gasteiger partial charge >= 0.3 is 0 Å². The van der Waals surface area contributed by atoms with Crippen molar-refractivity contribution in [3.05, 3.63) is 59.2 Å². The zero-order valence-corrected chi connectivity index (χ0v) is 17.7. The van der Waals surface area contributed by atoms with E-state index in [0.717, 1.165) is 26.1 Å². The molecule has 0 amide bonds. The van der Waals surface area contributed by atoms with E-state index in [1.54, 1.807) is 0 Å². The number of ketones is 1. The summed E-state index contributed by atoms with van der Waals surface area (Å²) in [6, 6.07) is 8.76. The maximum atomic E-state index is 12.4. The molecule has 28 heavy (non-hydrogen) atoms. The van der Waals surface area contributed by atoms with Crippen molar-refractivity contribution in [2.75, 3.05) is 33.8 Å². The van der Waals surface area contributed by atoms with Crippen molar-refractivity contribution in [1.29, 1.82) is 0 Å². The molecule has 1 fully saturated rings. The fourth-order valence-electron chi connectivity index (χ4n) is 4.29. The molecule has 0 aromatic heterocycles. The van der Waals surface area contributed by atoms with Gasteiger partial charge in [-0.1, -0.05) is 55.0 Å². The maximum Gasteiger partial charge on any atom is 0.133 e. The molecular weight excluding hydrogens is 348 g/mol. The van der Waals surface area contributed by atoms with E-state index in [0.29, 0.717) is 18.6 Å². The maximum absolute atomic E-state index is 12.4. The summed E-state index contributed by atoms with van der Waals surface area (Å²) >= 11 is 0. The topological polar surface area (TPSA) is 41.6 Å². The summed E-state index contributed by atoms with van der Waals surface area (Å²) < 4.78 is 6.03. The lowest BCUT2D eigenvalue weighted by Crippen LogP contribution is -2.53. The van der Waals surface area contributed by atoms with Gasteiger partial charge in [0.15, 0.2) is 0 Å². The van der Waals surface area contributed by atoms with Crippen LogP contribution in [0, 0.1) is 12.8 Å². The van der Waals surface area contributed by atoms with Crippen LogP contribution in [0.25, 0.3) is 0 Å². The first kappa shape index (κ1) is 21.0. The van der Waals surface area contributed by atoms with Gasteiger partial charge in [-0.2, -0.15) is 0 Å². The molecule has 1 aliphatic heterocycles. The molecule has 1 aliphatic carbocycles. The monoisotopic (exact) mass is 382 g/mol. The van der Waals surface area contributed by atoms with Gasteiger partial charge in [0.25, 0.3) is 0 Å². The molecule has 1 saturated heterocycles. The summed E-state index contributed by atoms with van der Waals surface area (Å²) in [6.45, 7) is 6.55. The highest BCUT2D eigenvalue weighted by molar-refractivity contribution is 5.78. The number of nitrogens with one attached hydrogen (secondary N) is 1. The zero-order valence-electron chi connectivity index (χ0n) is 17.7. The Hall–Kier alpha value is -1.75. The van der Waals surface area contributed by atoms with E-state index in [1.165, 1.54) is 16.7 Å². The molecule has 1 N–H and O–H groups in total. The lowest BCUT2D eigenvalue weighted by atomic mass is 9.71. The number of aryl methyl sites for hydroxylation is 1. The number of nitrogens with zero attached hydrogens (tertiary/aromatic N) is 1. The van der Waals surface area contributed by atoms with Crippen molar-refractivity contribution in [2.24, 2.45) is 5.92 Å². The molecule has 3 unspecified atom stereocenters. The Bertz CT molecular complexity index is 729. The number of hydrogen-bond donors (Lipinski definition) is 1. The van der Waals surface area contributed by atoms with Crippen molar-refractivity contribution in [1.82, 2.24) is 10.2 Å². The van der Waals surface area contributed by atoms with Crippen LogP contribution in [0.15, 0.2) is 48.1 Å². The summed E-state index contributed by atoms with van der Waals surface area (Å²) in [5.74, 6) is 0.466. The quantitative estimate of drug-likeness (QED) is 0.786. The van der Waals surface area contributed by atoms with Crippen LogP contribution in [0.5, 0.6) is 0 Å². The predicted molar refractivity (Wildman–Crippen MR) is 115 cm³/mol. The lowest BCUT2D eigenvalue weighted by molar-refractivity contribution is -0.120. The molecule has 4 heteroatoms. The second kappa shape index (κ2) is 9.17. The molecule has 1 aromatic rings. The lowest BCUT2D eigenvalue weighted by Gasteiger charge is -2.46. The van der Waals surface area contributed by atoms with E-state index in [2.05, 4.69) is 73.7 Å². The third-order valence-electron chi connectivity index (χ3n) is 6.16. The smallest absolute Gasteiger partial charge is 0.133 e. The van der Waals surface area contributed by atoms with E-state index in [1.807, 2.05) is 6.92 Å². The highest BCUT2D eigenvalue weighted by Gasteiger charge is 2.41. The number of hydrogen-bond acceptors (Lipinski definition) is 4. The number of carbonyl (C=O) groups excluding carboxylic acids is 1. The molecule has 152 valence electrons. The van der Waals surface area contributed by atoms with Crippen LogP contribution in [-0.4, -0.2) is 56.1 Å². The summed E-state index contributed by atoms with van der Waals surface area (Å²) in [5.41, 5.74) is 3.53. The number of benzene rings is 1. The average molecular weight is 383 g/mol. The van der Waals surface area contributed by atoms with Gasteiger partial charge in [0.05, 0.1) is 12.7 Å². The Labute approximate surface area is 169 Å². The van der Waals surface area contributed by atoms with Crippen LogP contribution in [-0.2, 0) is 16.0 Å². The molecule has 0 radical (unpaired) electrons. The van der Waals surface area contributed by atoms with Crippen LogP contribution in [0.1, 0.15) is 30.9 Å². The van der Waals surface area contributed by atoms with Gasteiger partial charge in [0, 0.05) is 37.4 Å². The SMILES string of the molecule is CCC(=O)CC1C=CC(C2CNCCO2)=CC1(Cc1ccc(C)cc1)N(C)C. The molecule has 0 saturated carbocycles. The number of rotatable bonds is 7. The normalized spacial score (nSPS) is 27.7. The number of ether oxygens (including phenoxy) is 1. The van der Waals surface area contributed by atoms with Crippen LogP contribution < -0.4 is 5.32 Å². The third-order valence-corrected chi connectivity index (χ3v) is 6.16. The summed E-state index contributed by atoms with van der Waals surface area (Å²) in [5, 5.41) is 3.43. The number of morpholine rings is 1. The van der Waals surface area contributed by atoms with Crippen molar-refractivity contribution >= 4 is 5.78 Å². The first-order valence-electron chi connectivity index (χ1n) is 10.4. The van der Waals surface area contributed by atoms with Crippen LogP contribution in [0.2, 0.25) is 0 Å². The molecule has 1 aromatic carbocycles. The molecular formula is C24H34N2O2. The van der Waals surface area contributed by atoms with Gasteiger partial charge in [0.1, 0.15) is 5.78 Å². The predicted octanol–water partition coefficient (Wildman–Crippen LogP) is 3.31. The van der Waals surface area contributed by atoms with E-state index in [4.69, 9.17) is 4.74 Å². The highest BCUT2D eigenvalue weighted by Crippen LogP contribution is 2.38. The molecule has 1 heterocycles. The van der Waals surface area contributed by atoms with Crippen LogP contribution in [0.4, 0.5) is 0 Å². The number of Topliss-reactive ketones (excluding diaryl/α,β-unsaturated/α-hetero) is 1. The average Bonchev–Trinajstić information content (AvgIpc) is 2.71. The Balaban J connectivity index is 1.98. The molecule has 2 aliphatic rings. The number of carbonyl (C=O) groups is 1. The van der Waals surface area contributed by atoms with Crippen molar-refractivity contribution in [3.8, 4) is 0 Å². The van der Waals surface area contributed by atoms with E-state index < -0.39 is 0 Å². The zero-order chi connectivity index (χ0) is 20.1. The first-order valence-corrected chi connectivity index (χ1v) is 10.4. The van der Waals surface area contributed by atoms with Gasteiger partial charge in [-0.25, -0.2) is 0 Å². The number of likely N-dealkylation sites (N-methyl/N-ethyl adjacent to an activating group) is 1. The first-order chi connectivity index (χ1) is 13.4. The Morgan fingerprint density at radius 1 is 1.29 bits per heavy atom. The van der Waals surface area contributed by atoms with Gasteiger partial charge in [-0.05, 0) is 38.6 Å². The van der Waals surface area contributed by atoms with Crippen LogP contribution >= 0.6 is 0 Å². The van der Waals surface area contributed by atoms with Gasteiger partial charge in [-0.15, -0.1) is 0 Å². The minimum atomic E-state index is -0.245. The van der Waals surface area contributed by atoms with E-state index >= 15 is 0 Å². The summed E-state index contributed by atoms with van der Waals surface area (Å²) in [4.78, 5) is 14.7. The molecule has 3 atom stereocenters. The van der Waals surface area contributed by atoms with Crippen LogP contribution in [0.3, 0.4) is 0 Å². The van der Waals surface area contributed by atoms with Gasteiger partial charge < -0.3 is 10.1 Å². The Kier molecular flexibility index (Phi) is 6.86. The Morgan fingerprint density at radius 3 is 2.64 bits per heavy atom. The summed E-state index contributed by atoms with van der Waals surface area (Å²) in [7, 11) is 4.26.